The van der Waals surface area contributed by atoms with Gasteiger partial charge in [0, 0.05) is 66.8 Å². The number of nitrogens with zero attached hydrogens (tertiary/aromatic N) is 3. The van der Waals surface area contributed by atoms with E-state index in [2.05, 4.69) is 33.1 Å². The lowest BCUT2D eigenvalue weighted by molar-refractivity contribution is -0.142. The zero-order valence-electron chi connectivity index (χ0n) is 44.4. The van der Waals surface area contributed by atoms with Gasteiger partial charge in [-0.05, 0) is 110 Å². The number of amides is 9. The van der Waals surface area contributed by atoms with E-state index in [-0.39, 0.29) is 90.9 Å². The number of fused-ring (bicyclic) bond motifs is 3. The van der Waals surface area contributed by atoms with Crippen LogP contribution in [0.1, 0.15) is 132 Å². The monoisotopic (exact) mass is 1150 g/mol. The second-order valence-electron chi connectivity index (χ2n) is 21.5. The first-order valence-electron chi connectivity index (χ1n) is 27.2. The van der Waals surface area contributed by atoms with Crippen LogP contribution in [0.3, 0.4) is 0 Å². The Bertz CT molecular complexity index is 3280. The van der Waals surface area contributed by atoms with Crippen LogP contribution in [0.25, 0.3) is 10.1 Å². The molecule has 1 unspecified atom stereocenters. The Morgan fingerprint density at radius 2 is 1.67 bits per heavy atom. The average Bonchev–Trinajstić information content (AvgIpc) is 3.77. The van der Waals surface area contributed by atoms with Crippen LogP contribution in [0.2, 0.25) is 0 Å². The maximum Gasteiger partial charge on any atom is 0.399 e. The second kappa shape index (κ2) is 24.4. The number of primary amides is 1. The number of rotatable bonds is 20. The van der Waals surface area contributed by atoms with Crippen molar-refractivity contribution in [2.45, 2.75) is 126 Å². The van der Waals surface area contributed by atoms with Crippen molar-refractivity contribution in [1.29, 1.82) is 0 Å². The molecule has 8 N–H and O–H groups in total. The molecule has 81 heavy (non-hydrogen) atoms. The van der Waals surface area contributed by atoms with Gasteiger partial charge in [0.25, 0.3) is 11.8 Å². The summed E-state index contributed by atoms with van der Waals surface area (Å²) in [4.78, 5) is 145. The van der Waals surface area contributed by atoms with E-state index in [1.165, 1.54) is 21.9 Å². The Kier molecular flexibility index (Phi) is 17.5. The van der Waals surface area contributed by atoms with Crippen molar-refractivity contribution in [3.05, 3.63) is 105 Å². The largest absolute Gasteiger partial charge is 0.399 e. The summed E-state index contributed by atoms with van der Waals surface area (Å²) < 4.78 is 41.0. The maximum absolute atomic E-state index is 14.6. The van der Waals surface area contributed by atoms with Gasteiger partial charge in [-0.2, -0.15) is 8.78 Å². The number of hydrogen-bond donors (Lipinski definition) is 7. The average molecular weight is 1150 g/mol. The Hall–Kier alpha value is -7.38. The number of alkyl halides is 2. The fourth-order valence-electron chi connectivity index (χ4n) is 11.4. The third kappa shape index (κ3) is 12.9. The molecule has 0 radical (unpaired) electrons. The van der Waals surface area contributed by atoms with Gasteiger partial charge in [0.05, 0.1) is 4.88 Å². The SMILES string of the molecule is CCCC[C@H](NC(=O)c1cc2cc(C(F)(F)P(=O)(O)O)ccc2s1)C(=O)N1C[C@H]2C[C@H]2[C@H]1C(=O)N[C@@H](CCC(N)=O)C(=O)N[C@H](C(=O)N1CCC(CCC#Cc2cccc3c2CN(C2CCC(=O)NC2=O)C3=O)CC1)c1ccccc1. The lowest BCUT2D eigenvalue weighted by atomic mass is 9.91. The van der Waals surface area contributed by atoms with Crippen molar-refractivity contribution in [3.63, 3.8) is 0 Å². The summed E-state index contributed by atoms with van der Waals surface area (Å²) in [6.45, 7) is 3.09. The number of carbonyl (C=O) groups is 9. The lowest BCUT2D eigenvalue weighted by Crippen LogP contribution is -2.58. The van der Waals surface area contributed by atoms with Crippen LogP contribution in [0.15, 0.2) is 72.8 Å². The van der Waals surface area contributed by atoms with E-state index in [0.717, 1.165) is 35.5 Å². The van der Waals surface area contributed by atoms with Crippen molar-refractivity contribution >= 4 is 82.2 Å². The summed E-state index contributed by atoms with van der Waals surface area (Å²) in [5, 5.41) is 10.8. The number of hydrogen-bond acceptors (Lipinski definition) is 11. The molecule has 9 rings (SSSR count). The minimum Gasteiger partial charge on any atom is -0.370 e. The van der Waals surface area contributed by atoms with Gasteiger partial charge in [-0.3, -0.25) is 53.0 Å². The van der Waals surface area contributed by atoms with E-state index in [1.807, 2.05) is 13.0 Å². The highest BCUT2D eigenvalue weighted by Gasteiger charge is 2.58. The molecule has 24 heteroatoms. The van der Waals surface area contributed by atoms with Gasteiger partial charge in [-0.15, -0.1) is 11.3 Å². The zero-order chi connectivity index (χ0) is 57.9. The summed E-state index contributed by atoms with van der Waals surface area (Å²) in [6.07, 6.45) is 4.49. The number of halogens is 2. The van der Waals surface area contributed by atoms with Gasteiger partial charge >= 0.3 is 13.3 Å². The third-order valence-corrected chi connectivity index (χ3v) is 18.1. The van der Waals surface area contributed by atoms with Crippen LogP contribution < -0.4 is 27.0 Å². The van der Waals surface area contributed by atoms with Crippen molar-refractivity contribution in [2.75, 3.05) is 19.6 Å². The molecule has 0 bridgehead atoms. The van der Waals surface area contributed by atoms with E-state index in [0.29, 0.717) is 73.0 Å². The van der Waals surface area contributed by atoms with Gasteiger partial charge in [0.2, 0.25) is 41.4 Å². The Morgan fingerprint density at radius 3 is 2.37 bits per heavy atom. The van der Waals surface area contributed by atoms with E-state index >= 15 is 0 Å². The molecular weight excluding hydrogens is 1090 g/mol. The summed E-state index contributed by atoms with van der Waals surface area (Å²) >= 11 is 0.932. The fraction of sp³-hybridized carbons (Fsp3) is 0.456. The Labute approximate surface area is 469 Å². The van der Waals surface area contributed by atoms with Crippen molar-refractivity contribution in [1.82, 2.24) is 36.0 Å². The van der Waals surface area contributed by atoms with Gasteiger partial charge in [0.15, 0.2) is 0 Å². The number of imide groups is 1. The first kappa shape index (κ1) is 58.3. The van der Waals surface area contributed by atoms with Crippen LogP contribution in [-0.2, 0) is 50.3 Å². The number of likely N-dealkylation sites (tertiary alicyclic amines) is 2. The molecule has 9 amide bonds. The minimum atomic E-state index is -5.86. The first-order chi connectivity index (χ1) is 38.6. The molecule has 5 heterocycles. The lowest BCUT2D eigenvalue weighted by Gasteiger charge is -2.35. The molecule has 3 aromatic carbocycles. The quantitative estimate of drug-likeness (QED) is 0.0360. The topological polar surface area (TPSA) is 295 Å². The van der Waals surface area contributed by atoms with Crippen molar-refractivity contribution in [3.8, 4) is 11.8 Å². The highest BCUT2D eigenvalue weighted by atomic mass is 32.1. The van der Waals surface area contributed by atoms with E-state index < -0.39 is 84.5 Å². The van der Waals surface area contributed by atoms with Gasteiger partial charge < -0.3 is 46.2 Å². The van der Waals surface area contributed by atoms with Crippen LogP contribution in [0.4, 0.5) is 8.78 Å². The number of nitrogens with two attached hydrogens (primary N) is 1. The molecular formula is C57H63F2N8O12PS. The van der Waals surface area contributed by atoms with Crippen LogP contribution in [0.5, 0.6) is 0 Å². The Morgan fingerprint density at radius 1 is 0.914 bits per heavy atom. The molecule has 4 aromatic rings. The third-order valence-electron chi connectivity index (χ3n) is 16.0. The van der Waals surface area contributed by atoms with Gasteiger partial charge in [-0.1, -0.05) is 74.1 Å². The van der Waals surface area contributed by atoms with Crippen LogP contribution in [0, 0.1) is 29.6 Å². The smallest absolute Gasteiger partial charge is 0.370 e. The number of carbonyl (C=O) groups excluding carboxylic acids is 9. The molecule has 1 saturated carbocycles. The van der Waals surface area contributed by atoms with Crippen molar-refractivity contribution < 1.29 is 66.3 Å². The molecule has 20 nitrogen and oxygen atoms in total. The van der Waals surface area contributed by atoms with Crippen molar-refractivity contribution in [2.24, 2.45) is 23.5 Å². The van der Waals surface area contributed by atoms with E-state index in [4.69, 9.17) is 5.73 Å². The molecule has 1 aromatic heterocycles. The standard InChI is InChI=1S/C57H63F2N8O12PS/c1-2-3-16-42(62-52(72)45-29-35-27-37(17-20-44(35)81-45)57(58,59)80(77,78)79)55(75)67-30-36-28-39(36)49(67)53(73)61-41(18-21-46(60)68)50(70)64-48(34-12-5-4-6-13-34)56(76)65-25-23-32(24-26-65)10-7-8-11-33-14-9-15-38-40(33)31-66(54(38)74)43-19-22-47(69)63-51(43)71/h4-6,9,12-15,17,20,27,29,32,36,39,41-43,48-49H,2-3,7,10,16,18-19,21-26,28,30-31H2,1H3,(H2,60,68)(H,61,73)(H,62,72)(H,64,70)(H,63,69,71)(H2,77,78,79)/t36-,39-,41+,42+,43?,48+,49+/m1/s1. The van der Waals surface area contributed by atoms with Crippen LogP contribution in [-0.4, -0.2) is 121 Å². The molecule has 5 aliphatic rings. The summed E-state index contributed by atoms with van der Waals surface area (Å²) in [5.41, 5.74) is 2.56. The number of thiophene rings is 1. The first-order valence-corrected chi connectivity index (χ1v) is 29.6. The molecule has 4 fully saturated rings. The highest BCUT2D eigenvalue weighted by Crippen LogP contribution is 2.59. The minimum absolute atomic E-state index is 0.0322. The summed E-state index contributed by atoms with van der Waals surface area (Å²) in [5.74, 6) is 1.51. The summed E-state index contributed by atoms with van der Waals surface area (Å²) in [6, 6.07) is 12.8. The zero-order valence-corrected chi connectivity index (χ0v) is 46.1. The predicted octanol–water partition coefficient (Wildman–Crippen LogP) is 4.70. The van der Waals surface area contributed by atoms with E-state index in [1.54, 1.807) is 47.4 Å². The molecule has 7 atom stereocenters. The summed E-state index contributed by atoms with van der Waals surface area (Å²) in [7, 11) is -5.86. The molecule has 1 aliphatic carbocycles. The predicted molar refractivity (Wildman–Crippen MR) is 291 cm³/mol. The molecule has 0 spiro atoms. The normalized spacial score (nSPS) is 21.0. The van der Waals surface area contributed by atoms with Crippen LogP contribution >= 0.6 is 18.9 Å². The Balaban J connectivity index is 0.828. The second-order valence-corrected chi connectivity index (χ2v) is 24.2. The van der Waals surface area contributed by atoms with Gasteiger partial charge in [0.1, 0.15) is 30.2 Å². The number of piperidine rings is 3. The maximum atomic E-state index is 14.6. The number of unbranched alkanes of at least 4 members (excludes halogenated alkanes) is 1. The van der Waals surface area contributed by atoms with Gasteiger partial charge in [-0.25, -0.2) is 0 Å². The number of benzene rings is 3. The molecule has 3 saturated heterocycles. The molecule has 428 valence electrons. The number of nitrogens with one attached hydrogen (secondary N) is 4. The fourth-order valence-corrected chi connectivity index (χ4v) is 12.8. The van der Waals surface area contributed by atoms with E-state index in [9.17, 15) is 66.3 Å². The highest BCUT2D eigenvalue weighted by molar-refractivity contribution is 7.52. The molecule has 4 aliphatic heterocycles.